The van der Waals surface area contributed by atoms with E-state index in [1.165, 1.54) is 0 Å². The summed E-state index contributed by atoms with van der Waals surface area (Å²) in [7, 11) is 3.25. The van der Waals surface area contributed by atoms with Crippen LogP contribution in [0.1, 0.15) is 5.56 Å². The molecule has 0 fully saturated rings. The van der Waals surface area contributed by atoms with Crippen LogP contribution >= 0.6 is 11.6 Å². The molecule has 0 spiro atoms. The van der Waals surface area contributed by atoms with Gasteiger partial charge in [-0.1, -0.05) is 0 Å². The lowest BCUT2D eigenvalue weighted by molar-refractivity contribution is 0.400. The van der Waals surface area contributed by atoms with E-state index in [1.54, 1.807) is 14.2 Å². The molecule has 0 saturated carbocycles. The van der Waals surface area contributed by atoms with Gasteiger partial charge in [-0.2, -0.15) is 0 Å². The van der Waals surface area contributed by atoms with Gasteiger partial charge in [0, 0.05) is 5.56 Å². The third-order valence-electron chi connectivity index (χ3n) is 1.63. The Morgan fingerprint density at radius 1 is 1.23 bits per heavy atom. The zero-order valence-electron chi connectivity index (χ0n) is 7.13. The molecule has 4 heteroatoms. The molecule has 2 nitrogen and oxygen atoms in total. The maximum absolute atomic E-state index is 5.70. The highest BCUT2D eigenvalue weighted by Crippen LogP contribution is 2.24. The molecule has 0 unspecified atom stereocenters. The monoisotopic (exact) mass is 212 g/mol. The fourth-order valence-corrected chi connectivity index (χ4v) is 1.20. The lowest BCUT2D eigenvalue weighted by Gasteiger charge is -2.07. The van der Waals surface area contributed by atoms with E-state index < -0.39 is 0 Å². The fourth-order valence-electron chi connectivity index (χ4n) is 0.986. The van der Waals surface area contributed by atoms with Crippen LogP contribution in [0, 0.1) is 0 Å². The molecule has 0 aliphatic rings. The van der Waals surface area contributed by atoms with Crippen molar-refractivity contribution in [1.29, 1.82) is 0 Å². The van der Waals surface area contributed by atoms with Crippen molar-refractivity contribution < 1.29 is 9.47 Å². The lowest BCUT2D eigenvalue weighted by atomic mass is 10.2. The van der Waals surface area contributed by atoms with E-state index in [0.29, 0.717) is 5.88 Å². The van der Waals surface area contributed by atoms with Crippen LogP contribution in [0.25, 0.3) is 0 Å². The molecule has 0 heterocycles. The molecule has 0 atom stereocenters. The number of ether oxygens (including phenoxy) is 2. The van der Waals surface area contributed by atoms with Gasteiger partial charge in [0.2, 0.25) is 0 Å². The lowest BCUT2D eigenvalue weighted by Crippen LogP contribution is -1.90. The normalized spacial score (nSPS) is 8.85. The van der Waals surface area contributed by atoms with Crippen molar-refractivity contribution in [1.82, 2.24) is 0 Å². The second-order valence-electron chi connectivity index (χ2n) is 2.31. The fraction of sp³-hybridized carbons (Fsp3) is 0.333. The Morgan fingerprint density at radius 3 is 2.38 bits per heavy atom. The van der Waals surface area contributed by atoms with Crippen LogP contribution in [0.5, 0.6) is 11.5 Å². The first-order chi connectivity index (χ1) is 5.81. The van der Waals surface area contributed by atoms with Gasteiger partial charge in [0.25, 0.3) is 0 Å². The predicted octanol–water partition coefficient (Wildman–Crippen LogP) is 1.53. The van der Waals surface area contributed by atoms with Crippen molar-refractivity contribution in [3.63, 3.8) is 0 Å². The third kappa shape index (κ3) is 3.25. The van der Waals surface area contributed by atoms with Crippen LogP contribution in [0.2, 0.25) is 0 Å². The van der Waals surface area contributed by atoms with Crippen molar-refractivity contribution >= 4 is 34.7 Å². The Morgan fingerprint density at radius 2 is 1.92 bits per heavy atom. The molecule has 13 heavy (non-hydrogen) atoms. The van der Waals surface area contributed by atoms with Gasteiger partial charge in [-0.3, -0.25) is 0 Å². The van der Waals surface area contributed by atoms with E-state index in [-0.39, 0.29) is 23.1 Å². The highest BCUT2D eigenvalue weighted by Gasteiger charge is 2.02. The van der Waals surface area contributed by atoms with Crippen LogP contribution in [-0.2, 0) is 5.88 Å². The van der Waals surface area contributed by atoms with Gasteiger partial charge >= 0.3 is 23.1 Å². The van der Waals surface area contributed by atoms with Crippen LogP contribution in [0.3, 0.4) is 0 Å². The number of rotatable bonds is 3. The Bertz CT molecular complexity index is 266. The third-order valence-corrected chi connectivity index (χ3v) is 1.92. The number of hydrogen-bond donors (Lipinski definition) is 0. The molecular formula is C9H13ClMgO2. The van der Waals surface area contributed by atoms with Gasteiger partial charge in [0.1, 0.15) is 11.5 Å². The first-order valence-corrected chi connectivity index (χ1v) is 4.12. The van der Waals surface area contributed by atoms with Gasteiger partial charge in [-0.15, -0.1) is 11.6 Å². The SMILES string of the molecule is COc1ccc(OC)c(CCl)c1.[MgH2]. The number of alkyl halides is 1. The summed E-state index contributed by atoms with van der Waals surface area (Å²) in [6.45, 7) is 0. The van der Waals surface area contributed by atoms with Crippen LogP contribution < -0.4 is 9.47 Å². The molecule has 1 aromatic rings. The van der Waals surface area contributed by atoms with Crippen LogP contribution in [0.4, 0.5) is 0 Å². The van der Waals surface area contributed by atoms with E-state index in [2.05, 4.69) is 0 Å². The van der Waals surface area contributed by atoms with Gasteiger partial charge < -0.3 is 9.47 Å². The zero-order chi connectivity index (χ0) is 8.97. The van der Waals surface area contributed by atoms with Crippen LogP contribution in [-0.4, -0.2) is 37.3 Å². The van der Waals surface area contributed by atoms with Crippen molar-refractivity contribution in [3.8, 4) is 11.5 Å². The molecule has 0 radical (unpaired) electrons. The smallest absolute Gasteiger partial charge is 0.316 e. The Kier molecular flexibility index (Phi) is 6.29. The van der Waals surface area contributed by atoms with E-state index in [0.717, 1.165) is 17.1 Å². The second kappa shape index (κ2) is 6.35. The van der Waals surface area contributed by atoms with Crippen LogP contribution in [0.15, 0.2) is 18.2 Å². The molecular weight excluding hydrogens is 200 g/mol. The zero-order valence-corrected chi connectivity index (χ0v) is 7.89. The van der Waals surface area contributed by atoms with Crippen molar-refractivity contribution in [2.75, 3.05) is 14.2 Å². The number of hydrogen-bond acceptors (Lipinski definition) is 2. The molecule has 0 N–H and O–H groups in total. The average molecular weight is 213 g/mol. The van der Waals surface area contributed by atoms with Gasteiger partial charge in [-0.25, -0.2) is 0 Å². The molecule has 0 saturated heterocycles. The first kappa shape index (κ1) is 12.9. The van der Waals surface area contributed by atoms with E-state index in [9.17, 15) is 0 Å². The minimum Gasteiger partial charge on any atom is -0.497 e. The maximum atomic E-state index is 5.70. The largest absolute Gasteiger partial charge is 0.497 e. The number of halogens is 1. The van der Waals surface area contributed by atoms with E-state index in [1.807, 2.05) is 18.2 Å². The Labute approximate surface area is 99.3 Å². The van der Waals surface area contributed by atoms with E-state index >= 15 is 0 Å². The number of methoxy groups -OCH3 is 2. The minimum atomic E-state index is 0. The summed E-state index contributed by atoms with van der Waals surface area (Å²) < 4.78 is 10.1. The molecule has 70 valence electrons. The summed E-state index contributed by atoms with van der Waals surface area (Å²) in [5, 5.41) is 0. The molecule has 1 rings (SSSR count). The maximum Gasteiger partial charge on any atom is 0.316 e. The highest BCUT2D eigenvalue weighted by molar-refractivity contribution is 6.17. The number of benzene rings is 1. The minimum absolute atomic E-state index is 0. The van der Waals surface area contributed by atoms with Gasteiger partial charge in [0.15, 0.2) is 0 Å². The molecule has 0 aliphatic heterocycles. The topological polar surface area (TPSA) is 18.5 Å². The van der Waals surface area contributed by atoms with Crippen molar-refractivity contribution in [2.45, 2.75) is 5.88 Å². The summed E-state index contributed by atoms with van der Waals surface area (Å²) in [5.41, 5.74) is 0.943. The molecule has 0 aromatic heterocycles. The van der Waals surface area contributed by atoms with Crippen molar-refractivity contribution in [3.05, 3.63) is 23.8 Å². The molecule has 0 amide bonds. The summed E-state index contributed by atoms with van der Waals surface area (Å²) in [6.07, 6.45) is 0. The molecule has 0 aliphatic carbocycles. The molecule has 0 bridgehead atoms. The second-order valence-corrected chi connectivity index (χ2v) is 2.58. The quantitative estimate of drug-likeness (QED) is 0.559. The predicted molar refractivity (Wildman–Crippen MR) is 57.6 cm³/mol. The summed E-state index contributed by atoms with van der Waals surface area (Å²) >= 11 is 5.70. The standard InChI is InChI=1S/C9H11ClO2.Mg.2H/c1-11-8-3-4-9(12-2)7(5-8)6-10;;;/h3-5H,6H2,1-2H3;;;. The Hall–Kier alpha value is -0.124. The first-order valence-electron chi connectivity index (χ1n) is 3.58. The van der Waals surface area contributed by atoms with Gasteiger partial charge in [0.05, 0.1) is 20.1 Å². The average Bonchev–Trinajstić information content (AvgIpc) is 2.16. The summed E-state index contributed by atoms with van der Waals surface area (Å²) in [4.78, 5) is 0. The summed E-state index contributed by atoms with van der Waals surface area (Å²) in [5.74, 6) is 2.03. The van der Waals surface area contributed by atoms with Gasteiger partial charge in [-0.05, 0) is 18.2 Å². The molecule has 1 aromatic carbocycles. The summed E-state index contributed by atoms with van der Waals surface area (Å²) in [6, 6.07) is 5.55. The Balaban J connectivity index is 0.00000144. The van der Waals surface area contributed by atoms with Crippen molar-refractivity contribution in [2.24, 2.45) is 0 Å². The highest BCUT2D eigenvalue weighted by atomic mass is 35.5. The van der Waals surface area contributed by atoms with E-state index in [4.69, 9.17) is 21.1 Å².